The van der Waals surface area contributed by atoms with Crippen LogP contribution in [0.3, 0.4) is 0 Å². The maximum atomic E-state index is 5.22. The van der Waals surface area contributed by atoms with Crippen LogP contribution >= 0.6 is 0 Å². The second-order valence-corrected chi connectivity index (χ2v) is 14.6. The van der Waals surface area contributed by atoms with Gasteiger partial charge < -0.3 is 4.57 Å². The summed E-state index contributed by atoms with van der Waals surface area (Å²) in [4.78, 5) is 15.5. The SMILES string of the molecule is C1=CCC(n2c3ccccc3c3cc(-c4ccc5c(c4-c4ccccc4)c4ccccc4n5-c4nc(C5=CCCC=C5)nc(-c5ccccc5)n4)ccc32)C=C1. The van der Waals surface area contributed by atoms with Gasteiger partial charge in [0.2, 0.25) is 5.95 Å². The minimum Gasteiger partial charge on any atom is -0.333 e. The van der Waals surface area contributed by atoms with Crippen LogP contribution in [0.15, 0.2) is 182 Å². The molecule has 6 aromatic carbocycles. The highest BCUT2D eigenvalue weighted by Crippen LogP contribution is 2.45. The Morgan fingerprint density at radius 3 is 2.02 bits per heavy atom. The van der Waals surface area contributed by atoms with Gasteiger partial charge in [-0.2, -0.15) is 9.97 Å². The lowest BCUT2D eigenvalue weighted by atomic mass is 9.90. The summed E-state index contributed by atoms with van der Waals surface area (Å²) in [6, 6.07) is 50.4. The van der Waals surface area contributed by atoms with Crippen LogP contribution in [0.2, 0.25) is 0 Å². The molecule has 5 nitrogen and oxygen atoms in total. The lowest BCUT2D eigenvalue weighted by Crippen LogP contribution is -2.08. The highest BCUT2D eigenvalue weighted by atomic mass is 15.2. The number of para-hydroxylation sites is 2. The van der Waals surface area contributed by atoms with Crippen LogP contribution in [0, 0.1) is 0 Å². The smallest absolute Gasteiger partial charge is 0.238 e. The fraction of sp³-hybridized carbons (Fsp3) is 0.0784. The molecule has 11 rings (SSSR count). The summed E-state index contributed by atoms with van der Waals surface area (Å²) in [5.74, 6) is 1.94. The average Bonchev–Trinajstić information content (AvgIpc) is 3.80. The molecule has 266 valence electrons. The predicted molar refractivity (Wildman–Crippen MR) is 232 cm³/mol. The number of aromatic nitrogens is 5. The van der Waals surface area contributed by atoms with Crippen molar-refractivity contribution in [3.63, 3.8) is 0 Å². The van der Waals surface area contributed by atoms with Crippen molar-refractivity contribution in [1.29, 1.82) is 0 Å². The Morgan fingerprint density at radius 1 is 0.518 bits per heavy atom. The van der Waals surface area contributed by atoms with Gasteiger partial charge in [0, 0.05) is 43.7 Å². The molecule has 0 amide bonds. The molecule has 1 atom stereocenters. The van der Waals surface area contributed by atoms with Crippen LogP contribution in [-0.4, -0.2) is 24.1 Å². The van der Waals surface area contributed by atoms with Crippen molar-refractivity contribution >= 4 is 49.2 Å². The van der Waals surface area contributed by atoms with E-state index in [1.54, 1.807) is 0 Å². The zero-order valence-corrected chi connectivity index (χ0v) is 30.8. The monoisotopic (exact) mass is 719 g/mol. The van der Waals surface area contributed by atoms with Gasteiger partial charge in [-0.3, -0.25) is 4.57 Å². The number of nitrogens with zero attached hydrogens (tertiary/aromatic N) is 5. The van der Waals surface area contributed by atoms with E-state index in [0.717, 1.165) is 52.4 Å². The minimum absolute atomic E-state index is 0.277. The lowest BCUT2D eigenvalue weighted by molar-refractivity contribution is 0.648. The molecule has 0 aliphatic heterocycles. The van der Waals surface area contributed by atoms with Crippen molar-refractivity contribution in [1.82, 2.24) is 24.1 Å². The van der Waals surface area contributed by atoms with Crippen LogP contribution in [-0.2, 0) is 0 Å². The molecule has 0 saturated heterocycles. The first-order valence-corrected chi connectivity index (χ1v) is 19.5. The minimum atomic E-state index is 0.277. The third kappa shape index (κ3) is 5.27. The Labute approximate surface area is 324 Å². The van der Waals surface area contributed by atoms with E-state index in [4.69, 9.17) is 15.0 Å². The third-order valence-corrected chi connectivity index (χ3v) is 11.3. The topological polar surface area (TPSA) is 48.5 Å². The summed E-state index contributed by atoms with van der Waals surface area (Å²) >= 11 is 0. The highest BCUT2D eigenvalue weighted by molar-refractivity contribution is 6.19. The number of fused-ring (bicyclic) bond motifs is 6. The van der Waals surface area contributed by atoms with Crippen molar-refractivity contribution in [2.24, 2.45) is 0 Å². The molecule has 0 saturated carbocycles. The Kier molecular flexibility index (Phi) is 7.69. The number of allylic oxidation sites excluding steroid dienone is 8. The van der Waals surface area contributed by atoms with Crippen molar-refractivity contribution in [3.8, 4) is 39.6 Å². The molecular formula is C51H37N5. The summed E-state index contributed by atoms with van der Waals surface area (Å²) in [6.07, 6.45) is 18.4. The van der Waals surface area contributed by atoms with Crippen LogP contribution in [0.4, 0.5) is 0 Å². The summed E-state index contributed by atoms with van der Waals surface area (Å²) in [6.45, 7) is 0. The molecule has 56 heavy (non-hydrogen) atoms. The molecule has 5 heteroatoms. The lowest BCUT2D eigenvalue weighted by Gasteiger charge is -2.18. The average molecular weight is 720 g/mol. The van der Waals surface area contributed by atoms with E-state index >= 15 is 0 Å². The van der Waals surface area contributed by atoms with Gasteiger partial charge in [0.1, 0.15) is 0 Å². The first-order valence-electron chi connectivity index (χ1n) is 19.5. The van der Waals surface area contributed by atoms with Gasteiger partial charge in [0.05, 0.1) is 17.1 Å². The molecule has 0 fully saturated rings. The Balaban J connectivity index is 1.18. The van der Waals surface area contributed by atoms with E-state index in [2.05, 4.69) is 173 Å². The molecular weight excluding hydrogens is 683 g/mol. The molecule has 3 aromatic heterocycles. The predicted octanol–water partition coefficient (Wildman–Crippen LogP) is 12.9. The van der Waals surface area contributed by atoms with Crippen molar-refractivity contribution in [2.45, 2.75) is 25.3 Å². The maximum absolute atomic E-state index is 5.22. The van der Waals surface area contributed by atoms with Gasteiger partial charge >= 0.3 is 0 Å². The third-order valence-electron chi connectivity index (χ3n) is 11.3. The van der Waals surface area contributed by atoms with Gasteiger partial charge in [-0.1, -0.05) is 152 Å². The van der Waals surface area contributed by atoms with Crippen LogP contribution in [0.25, 0.3) is 88.8 Å². The zero-order chi connectivity index (χ0) is 37.0. The molecule has 9 aromatic rings. The normalized spacial score (nSPS) is 15.4. The van der Waals surface area contributed by atoms with Gasteiger partial charge in [0.25, 0.3) is 0 Å². The second-order valence-electron chi connectivity index (χ2n) is 14.6. The first kappa shape index (κ1) is 32.3. The Hall–Kier alpha value is -7.11. The summed E-state index contributed by atoms with van der Waals surface area (Å²) in [5.41, 5.74) is 11.3. The molecule has 2 aliphatic carbocycles. The number of hydrogen-bond acceptors (Lipinski definition) is 3. The molecule has 0 bridgehead atoms. The summed E-state index contributed by atoms with van der Waals surface area (Å²) in [5, 5.41) is 4.86. The molecule has 0 N–H and O–H groups in total. The van der Waals surface area contributed by atoms with E-state index in [9.17, 15) is 0 Å². The fourth-order valence-electron chi connectivity index (χ4n) is 8.80. The van der Waals surface area contributed by atoms with Gasteiger partial charge in [0.15, 0.2) is 11.6 Å². The molecule has 3 heterocycles. The van der Waals surface area contributed by atoms with E-state index in [0.29, 0.717) is 17.6 Å². The number of rotatable bonds is 6. The Bertz CT molecular complexity index is 3100. The van der Waals surface area contributed by atoms with Crippen molar-refractivity contribution in [2.75, 3.05) is 0 Å². The molecule has 2 aliphatic rings. The maximum Gasteiger partial charge on any atom is 0.238 e. The largest absolute Gasteiger partial charge is 0.333 e. The Morgan fingerprint density at radius 2 is 1.23 bits per heavy atom. The van der Waals surface area contributed by atoms with Crippen molar-refractivity contribution < 1.29 is 0 Å². The van der Waals surface area contributed by atoms with Crippen LogP contribution in [0.1, 0.15) is 31.1 Å². The first-order chi connectivity index (χ1) is 27.8. The number of hydrogen-bond donors (Lipinski definition) is 0. The summed E-state index contributed by atoms with van der Waals surface area (Å²) < 4.78 is 4.74. The second kappa shape index (κ2) is 13.3. The highest BCUT2D eigenvalue weighted by Gasteiger charge is 2.24. The number of benzene rings is 6. The van der Waals surface area contributed by atoms with Crippen molar-refractivity contribution in [3.05, 3.63) is 188 Å². The molecule has 1 unspecified atom stereocenters. The van der Waals surface area contributed by atoms with Gasteiger partial charge in [-0.15, -0.1) is 0 Å². The van der Waals surface area contributed by atoms with Gasteiger partial charge in [-0.25, -0.2) is 4.98 Å². The van der Waals surface area contributed by atoms with E-state index in [-0.39, 0.29) is 6.04 Å². The fourth-order valence-corrected chi connectivity index (χ4v) is 8.80. The van der Waals surface area contributed by atoms with E-state index in [1.165, 1.54) is 43.9 Å². The van der Waals surface area contributed by atoms with Crippen LogP contribution in [0.5, 0.6) is 0 Å². The van der Waals surface area contributed by atoms with Crippen LogP contribution < -0.4 is 0 Å². The molecule has 0 spiro atoms. The zero-order valence-electron chi connectivity index (χ0n) is 30.8. The standard InChI is InChI=1S/C51H37N5/c1-5-17-34(18-6-1)47-39(37-29-31-45-42(33-37)40-25-13-15-27-43(40)55(45)38-23-11-4-12-24-38)30-32-46-48(47)41-26-14-16-28-44(41)56(46)51-53-49(35-19-7-2-8-20-35)52-50(54-51)36-21-9-3-10-22-36/h1-2,4-9,11-23,25-33,38H,3,10,24H2. The van der Waals surface area contributed by atoms with E-state index in [1.807, 2.05) is 18.2 Å². The molecule has 0 radical (unpaired) electrons. The quantitative estimate of drug-likeness (QED) is 0.172. The summed E-state index contributed by atoms with van der Waals surface area (Å²) in [7, 11) is 0. The van der Waals surface area contributed by atoms with Gasteiger partial charge in [-0.05, 0) is 71.8 Å². The van der Waals surface area contributed by atoms with E-state index < -0.39 is 0 Å².